The number of likely N-dealkylation sites (N-methyl/N-ethyl adjacent to an activating group) is 1. The summed E-state index contributed by atoms with van der Waals surface area (Å²) >= 11 is 7.29. The Balaban J connectivity index is 1.76. The number of hydrogen-bond acceptors (Lipinski definition) is 3. The molecule has 3 aliphatic rings. The minimum Gasteiger partial charge on any atom is -0.467 e. The van der Waals surface area contributed by atoms with E-state index in [-0.39, 0.29) is 5.72 Å². The molecule has 1 aromatic rings. The lowest BCUT2D eigenvalue weighted by Gasteiger charge is -2.51. The Morgan fingerprint density at radius 3 is 2.65 bits per heavy atom. The summed E-state index contributed by atoms with van der Waals surface area (Å²) < 4.78 is 8.88. The Labute approximate surface area is 154 Å². The van der Waals surface area contributed by atoms with Crippen molar-refractivity contribution in [2.75, 3.05) is 33.2 Å². The Morgan fingerprint density at radius 1 is 1.09 bits per heavy atom. The highest BCUT2D eigenvalue weighted by molar-refractivity contribution is 9.11. The minimum atomic E-state index is -0.219. The first-order valence-electron chi connectivity index (χ1n) is 8.41. The fourth-order valence-corrected chi connectivity index (χ4v) is 5.42. The molecule has 0 aromatic heterocycles. The van der Waals surface area contributed by atoms with Gasteiger partial charge >= 0.3 is 0 Å². The molecule has 2 fully saturated rings. The van der Waals surface area contributed by atoms with E-state index in [9.17, 15) is 0 Å². The summed E-state index contributed by atoms with van der Waals surface area (Å²) in [6.45, 7) is 4.40. The second kappa shape index (κ2) is 6.17. The molecular formula is C18H22Br2N2O. The molecule has 0 amide bonds. The highest BCUT2D eigenvalue weighted by Gasteiger charge is 2.47. The van der Waals surface area contributed by atoms with E-state index in [4.69, 9.17) is 4.74 Å². The van der Waals surface area contributed by atoms with Gasteiger partial charge in [-0.1, -0.05) is 15.9 Å². The second-order valence-electron chi connectivity index (χ2n) is 6.86. The van der Waals surface area contributed by atoms with Gasteiger partial charge in [-0.25, -0.2) is 0 Å². The van der Waals surface area contributed by atoms with Crippen LogP contribution in [-0.4, -0.2) is 48.8 Å². The van der Waals surface area contributed by atoms with Crippen LogP contribution in [0.2, 0.25) is 0 Å². The number of hydrogen-bond donors (Lipinski definition) is 0. The molecule has 1 aliphatic carbocycles. The van der Waals surface area contributed by atoms with Gasteiger partial charge in [-0.3, -0.25) is 4.90 Å². The molecule has 4 rings (SSSR count). The molecular weight excluding hydrogens is 420 g/mol. The molecule has 0 spiro atoms. The highest BCUT2D eigenvalue weighted by atomic mass is 79.9. The zero-order valence-electron chi connectivity index (χ0n) is 13.4. The first-order valence-corrected chi connectivity index (χ1v) is 10.00. The Kier molecular flexibility index (Phi) is 4.33. The van der Waals surface area contributed by atoms with Crippen molar-refractivity contribution in [2.45, 2.75) is 31.4 Å². The van der Waals surface area contributed by atoms with Crippen molar-refractivity contribution >= 4 is 37.9 Å². The number of rotatable bonds is 1. The Hall–Kier alpha value is -0.360. The normalized spacial score (nSPS) is 28.6. The number of halogens is 2. The summed E-state index contributed by atoms with van der Waals surface area (Å²) in [5.74, 6) is 0.998. The van der Waals surface area contributed by atoms with Gasteiger partial charge in [0.25, 0.3) is 0 Å². The van der Waals surface area contributed by atoms with E-state index in [1.54, 1.807) is 0 Å². The standard InChI is InChI=1S/C18H22Br2N2O/c1-21-6-8-22(9-7-21)18-5-3-2-4-14(18)10-13-11-15(19)12-16(20)17(13)23-18/h10-12H,2-9H2,1H3. The van der Waals surface area contributed by atoms with Crippen LogP contribution in [0, 0.1) is 0 Å². The lowest BCUT2D eigenvalue weighted by molar-refractivity contribution is -0.0902. The summed E-state index contributed by atoms with van der Waals surface area (Å²) in [5, 5.41) is 0. The van der Waals surface area contributed by atoms with Crippen LogP contribution in [0.25, 0.3) is 6.08 Å². The van der Waals surface area contributed by atoms with E-state index in [0.29, 0.717) is 0 Å². The molecule has 0 N–H and O–H groups in total. The van der Waals surface area contributed by atoms with Crippen molar-refractivity contribution in [1.82, 2.24) is 9.80 Å². The van der Waals surface area contributed by atoms with Crippen LogP contribution in [0.1, 0.15) is 31.2 Å². The summed E-state index contributed by atoms with van der Waals surface area (Å²) in [4.78, 5) is 4.98. The first kappa shape index (κ1) is 16.1. The Bertz CT molecular complexity index is 653. The molecule has 1 saturated carbocycles. The number of piperazine rings is 1. The molecule has 2 aliphatic heterocycles. The van der Waals surface area contributed by atoms with Crippen molar-refractivity contribution in [3.8, 4) is 5.75 Å². The number of nitrogens with zero attached hydrogens (tertiary/aromatic N) is 2. The van der Waals surface area contributed by atoms with Crippen molar-refractivity contribution in [3.05, 3.63) is 32.2 Å². The maximum absolute atomic E-state index is 6.76. The van der Waals surface area contributed by atoms with Crippen LogP contribution in [-0.2, 0) is 0 Å². The SMILES string of the molecule is CN1CCN(C23CCCCC2=Cc2cc(Br)cc(Br)c2O3)CC1. The molecule has 0 radical (unpaired) electrons. The van der Waals surface area contributed by atoms with Gasteiger partial charge in [-0.05, 0) is 66.0 Å². The van der Waals surface area contributed by atoms with E-state index >= 15 is 0 Å². The van der Waals surface area contributed by atoms with Crippen LogP contribution >= 0.6 is 31.9 Å². The van der Waals surface area contributed by atoms with Gasteiger partial charge in [-0.2, -0.15) is 0 Å². The average Bonchev–Trinajstić information content (AvgIpc) is 2.54. The van der Waals surface area contributed by atoms with Gasteiger partial charge in [0.15, 0.2) is 5.72 Å². The first-order chi connectivity index (χ1) is 11.1. The van der Waals surface area contributed by atoms with E-state index in [0.717, 1.165) is 53.7 Å². The summed E-state index contributed by atoms with van der Waals surface area (Å²) in [6, 6.07) is 4.24. The van der Waals surface area contributed by atoms with Gasteiger partial charge in [0, 0.05) is 42.6 Å². The van der Waals surface area contributed by atoms with E-state index in [1.807, 2.05) is 0 Å². The third-order valence-corrected chi connectivity index (χ3v) is 6.41. The van der Waals surface area contributed by atoms with E-state index in [1.165, 1.54) is 24.0 Å². The maximum Gasteiger partial charge on any atom is 0.186 e. The molecule has 23 heavy (non-hydrogen) atoms. The largest absolute Gasteiger partial charge is 0.467 e. The van der Waals surface area contributed by atoms with Crippen LogP contribution in [0.4, 0.5) is 0 Å². The number of benzene rings is 1. The topological polar surface area (TPSA) is 15.7 Å². The van der Waals surface area contributed by atoms with Gasteiger partial charge in [0.05, 0.1) is 4.47 Å². The third-order valence-electron chi connectivity index (χ3n) is 5.37. The summed E-state index contributed by atoms with van der Waals surface area (Å²) in [7, 11) is 2.21. The van der Waals surface area contributed by atoms with Gasteiger partial charge < -0.3 is 9.64 Å². The van der Waals surface area contributed by atoms with Crippen LogP contribution < -0.4 is 4.74 Å². The monoisotopic (exact) mass is 440 g/mol. The molecule has 0 bridgehead atoms. The minimum absolute atomic E-state index is 0.219. The second-order valence-corrected chi connectivity index (χ2v) is 8.63. The zero-order chi connectivity index (χ0) is 16.0. The Morgan fingerprint density at radius 2 is 1.87 bits per heavy atom. The molecule has 1 saturated heterocycles. The van der Waals surface area contributed by atoms with E-state index < -0.39 is 0 Å². The van der Waals surface area contributed by atoms with E-state index in [2.05, 4.69) is 66.9 Å². The van der Waals surface area contributed by atoms with Crippen LogP contribution in [0.15, 0.2) is 26.7 Å². The lowest BCUT2D eigenvalue weighted by Crippen LogP contribution is -2.61. The number of fused-ring (bicyclic) bond motifs is 2. The molecule has 2 heterocycles. The predicted octanol–water partition coefficient (Wildman–Crippen LogP) is 4.51. The van der Waals surface area contributed by atoms with Crippen LogP contribution in [0.5, 0.6) is 5.75 Å². The highest BCUT2D eigenvalue weighted by Crippen LogP contribution is 2.48. The molecule has 124 valence electrons. The molecule has 1 atom stereocenters. The van der Waals surface area contributed by atoms with Gasteiger partial charge in [0.2, 0.25) is 0 Å². The fraction of sp³-hybridized carbons (Fsp3) is 0.556. The van der Waals surface area contributed by atoms with Crippen molar-refractivity contribution in [1.29, 1.82) is 0 Å². The van der Waals surface area contributed by atoms with Crippen molar-refractivity contribution < 1.29 is 4.74 Å². The van der Waals surface area contributed by atoms with Crippen molar-refractivity contribution in [3.63, 3.8) is 0 Å². The van der Waals surface area contributed by atoms with Crippen molar-refractivity contribution in [2.24, 2.45) is 0 Å². The third kappa shape index (κ3) is 2.80. The molecule has 3 nitrogen and oxygen atoms in total. The average molecular weight is 442 g/mol. The lowest BCUT2D eigenvalue weighted by atomic mass is 9.82. The molecule has 5 heteroatoms. The zero-order valence-corrected chi connectivity index (χ0v) is 16.6. The summed E-state index contributed by atoms with van der Waals surface area (Å²) in [5.41, 5.74) is 2.43. The summed E-state index contributed by atoms with van der Waals surface area (Å²) in [6.07, 6.45) is 7.15. The molecule has 1 unspecified atom stereocenters. The quantitative estimate of drug-likeness (QED) is 0.637. The predicted molar refractivity (Wildman–Crippen MR) is 101 cm³/mol. The van der Waals surface area contributed by atoms with Gasteiger partial charge in [-0.15, -0.1) is 0 Å². The smallest absolute Gasteiger partial charge is 0.186 e. The van der Waals surface area contributed by atoms with Gasteiger partial charge in [0.1, 0.15) is 5.75 Å². The maximum atomic E-state index is 6.76. The fourth-order valence-electron chi connectivity index (χ4n) is 4.08. The number of ether oxygens (including phenoxy) is 1. The van der Waals surface area contributed by atoms with Crippen LogP contribution in [0.3, 0.4) is 0 Å². The molecule has 1 aromatic carbocycles.